The Morgan fingerprint density at radius 1 is 1.21 bits per heavy atom. The zero-order valence-electron chi connectivity index (χ0n) is 13.7. The van der Waals surface area contributed by atoms with Crippen LogP contribution in [-0.4, -0.2) is 38.1 Å². The van der Waals surface area contributed by atoms with Crippen LogP contribution in [0.5, 0.6) is 0 Å². The number of rotatable bonds is 7. The Bertz CT molecular complexity index is 679. The molecule has 0 atom stereocenters. The van der Waals surface area contributed by atoms with E-state index in [0.29, 0.717) is 6.42 Å². The fourth-order valence-corrected chi connectivity index (χ4v) is 2.70. The second-order valence-electron chi connectivity index (χ2n) is 5.93. The standard InChI is InChI=1S/C14H21N3O6S/c1-14(2,3)23-13(18)15-9-4-10-16-24(21,22)12-7-5-11(6-8-12)17(19)20/h5-8,16H,4,9-10H2,1-3H3,(H,15,18). The number of hydrogen-bond donors (Lipinski definition) is 2. The highest BCUT2D eigenvalue weighted by molar-refractivity contribution is 7.89. The zero-order valence-corrected chi connectivity index (χ0v) is 14.6. The number of amides is 1. The van der Waals surface area contributed by atoms with Crippen LogP contribution in [0, 0.1) is 10.1 Å². The summed E-state index contributed by atoms with van der Waals surface area (Å²) in [5.41, 5.74) is -0.780. The lowest BCUT2D eigenvalue weighted by molar-refractivity contribution is -0.384. The third-order valence-electron chi connectivity index (χ3n) is 2.67. The molecule has 0 aromatic heterocycles. The van der Waals surface area contributed by atoms with Crippen LogP contribution in [0.4, 0.5) is 10.5 Å². The number of nitrogens with zero attached hydrogens (tertiary/aromatic N) is 1. The van der Waals surface area contributed by atoms with Crippen molar-refractivity contribution in [2.24, 2.45) is 0 Å². The van der Waals surface area contributed by atoms with E-state index >= 15 is 0 Å². The normalized spacial score (nSPS) is 11.8. The van der Waals surface area contributed by atoms with Gasteiger partial charge in [-0.25, -0.2) is 17.9 Å². The SMILES string of the molecule is CC(C)(C)OC(=O)NCCCNS(=O)(=O)c1ccc([N+](=O)[O-])cc1. The fourth-order valence-electron chi connectivity index (χ4n) is 1.63. The molecule has 0 heterocycles. The minimum atomic E-state index is -3.75. The summed E-state index contributed by atoms with van der Waals surface area (Å²) in [6.45, 7) is 5.58. The number of carbonyl (C=O) groups excluding carboxylic acids is 1. The summed E-state index contributed by atoms with van der Waals surface area (Å²) in [5, 5.41) is 13.1. The Balaban J connectivity index is 2.41. The van der Waals surface area contributed by atoms with Gasteiger partial charge in [0.15, 0.2) is 0 Å². The molecule has 0 fully saturated rings. The molecule has 0 aliphatic heterocycles. The van der Waals surface area contributed by atoms with Gasteiger partial charge in [0.25, 0.3) is 5.69 Å². The molecule has 0 radical (unpaired) electrons. The molecule has 9 nitrogen and oxygen atoms in total. The minimum absolute atomic E-state index is 0.0619. The molecule has 0 unspecified atom stereocenters. The number of nitrogens with one attached hydrogen (secondary N) is 2. The van der Waals surface area contributed by atoms with Crippen LogP contribution in [0.15, 0.2) is 29.2 Å². The third kappa shape index (κ3) is 6.92. The highest BCUT2D eigenvalue weighted by Crippen LogP contribution is 2.15. The summed E-state index contributed by atoms with van der Waals surface area (Å²) in [6.07, 6.45) is -0.202. The van der Waals surface area contributed by atoms with Gasteiger partial charge in [0, 0.05) is 25.2 Å². The maximum absolute atomic E-state index is 12.0. The maximum atomic E-state index is 12.0. The molecule has 10 heteroatoms. The molecular formula is C14H21N3O6S. The Hall–Kier alpha value is -2.20. The molecular weight excluding hydrogens is 338 g/mol. The van der Waals surface area contributed by atoms with Crippen LogP contribution < -0.4 is 10.0 Å². The molecule has 0 saturated carbocycles. The van der Waals surface area contributed by atoms with Gasteiger partial charge in [-0.1, -0.05) is 0 Å². The number of sulfonamides is 1. The van der Waals surface area contributed by atoms with Gasteiger partial charge in [0.2, 0.25) is 10.0 Å². The first kappa shape index (κ1) is 19.8. The number of non-ortho nitro benzene ring substituents is 1. The molecule has 1 aromatic rings. The van der Waals surface area contributed by atoms with Gasteiger partial charge < -0.3 is 10.1 Å². The fraction of sp³-hybridized carbons (Fsp3) is 0.500. The minimum Gasteiger partial charge on any atom is -0.444 e. The predicted molar refractivity (Wildman–Crippen MR) is 87.1 cm³/mol. The van der Waals surface area contributed by atoms with Crippen LogP contribution in [-0.2, 0) is 14.8 Å². The van der Waals surface area contributed by atoms with Gasteiger partial charge >= 0.3 is 6.09 Å². The number of nitro groups is 1. The van der Waals surface area contributed by atoms with Crippen molar-refractivity contribution >= 4 is 21.8 Å². The van der Waals surface area contributed by atoms with E-state index in [-0.39, 0.29) is 23.7 Å². The molecule has 2 N–H and O–H groups in total. The Morgan fingerprint density at radius 2 is 1.79 bits per heavy atom. The summed E-state index contributed by atoms with van der Waals surface area (Å²) in [5.74, 6) is 0. The van der Waals surface area contributed by atoms with Crippen LogP contribution >= 0.6 is 0 Å². The topological polar surface area (TPSA) is 128 Å². The van der Waals surface area contributed by atoms with Crippen molar-refractivity contribution in [1.82, 2.24) is 10.0 Å². The quantitative estimate of drug-likeness (QED) is 0.434. The van der Waals surface area contributed by atoms with E-state index in [1.54, 1.807) is 20.8 Å². The van der Waals surface area contributed by atoms with E-state index in [9.17, 15) is 23.3 Å². The number of benzene rings is 1. The summed E-state index contributed by atoms with van der Waals surface area (Å²) in [4.78, 5) is 21.3. The van der Waals surface area contributed by atoms with Gasteiger partial charge in [0.1, 0.15) is 5.60 Å². The number of hydrogen-bond acceptors (Lipinski definition) is 6. The van der Waals surface area contributed by atoms with Crippen LogP contribution in [0.3, 0.4) is 0 Å². The molecule has 1 rings (SSSR count). The van der Waals surface area contributed by atoms with Gasteiger partial charge in [-0.3, -0.25) is 10.1 Å². The average Bonchev–Trinajstić information content (AvgIpc) is 2.45. The van der Waals surface area contributed by atoms with Crippen molar-refractivity contribution in [1.29, 1.82) is 0 Å². The largest absolute Gasteiger partial charge is 0.444 e. The van der Waals surface area contributed by atoms with E-state index in [2.05, 4.69) is 10.0 Å². The molecule has 0 spiro atoms. The summed E-state index contributed by atoms with van der Waals surface area (Å²) in [7, 11) is -3.75. The van der Waals surface area contributed by atoms with Crippen LogP contribution in [0.25, 0.3) is 0 Å². The maximum Gasteiger partial charge on any atom is 0.407 e. The second-order valence-corrected chi connectivity index (χ2v) is 7.70. The van der Waals surface area contributed by atoms with Crippen molar-refractivity contribution < 1.29 is 22.9 Å². The van der Waals surface area contributed by atoms with E-state index in [0.717, 1.165) is 12.1 Å². The average molecular weight is 359 g/mol. The van der Waals surface area contributed by atoms with Crippen molar-refractivity contribution in [2.75, 3.05) is 13.1 Å². The van der Waals surface area contributed by atoms with E-state index in [4.69, 9.17) is 4.74 Å². The monoisotopic (exact) mass is 359 g/mol. The van der Waals surface area contributed by atoms with Crippen molar-refractivity contribution in [3.63, 3.8) is 0 Å². The first-order chi connectivity index (χ1) is 11.0. The van der Waals surface area contributed by atoms with Crippen molar-refractivity contribution in [3.05, 3.63) is 34.4 Å². The molecule has 0 aliphatic carbocycles. The highest BCUT2D eigenvalue weighted by atomic mass is 32.2. The van der Waals surface area contributed by atoms with E-state index < -0.39 is 26.6 Å². The molecule has 1 amide bonds. The summed E-state index contributed by atoms with van der Waals surface area (Å²) >= 11 is 0. The summed E-state index contributed by atoms with van der Waals surface area (Å²) < 4.78 is 31.4. The number of carbonyl (C=O) groups is 1. The second kappa shape index (κ2) is 8.06. The van der Waals surface area contributed by atoms with E-state index in [1.165, 1.54) is 12.1 Å². The van der Waals surface area contributed by atoms with Gasteiger partial charge in [-0.2, -0.15) is 0 Å². The molecule has 0 aliphatic rings. The van der Waals surface area contributed by atoms with Gasteiger partial charge in [-0.15, -0.1) is 0 Å². The third-order valence-corrected chi connectivity index (χ3v) is 4.15. The number of ether oxygens (including phenoxy) is 1. The number of nitro benzene ring substituents is 1. The first-order valence-corrected chi connectivity index (χ1v) is 8.70. The summed E-state index contributed by atoms with van der Waals surface area (Å²) in [6, 6.07) is 4.58. The van der Waals surface area contributed by atoms with Crippen molar-refractivity contribution in [2.45, 2.75) is 37.7 Å². The van der Waals surface area contributed by atoms with Gasteiger partial charge in [-0.05, 0) is 39.3 Å². The lowest BCUT2D eigenvalue weighted by Gasteiger charge is -2.19. The lowest BCUT2D eigenvalue weighted by atomic mass is 10.2. The Morgan fingerprint density at radius 3 is 2.29 bits per heavy atom. The first-order valence-electron chi connectivity index (χ1n) is 7.22. The molecule has 24 heavy (non-hydrogen) atoms. The van der Waals surface area contributed by atoms with Crippen LogP contribution in [0.1, 0.15) is 27.2 Å². The highest BCUT2D eigenvalue weighted by Gasteiger charge is 2.17. The molecule has 134 valence electrons. The Labute approximate surface area is 140 Å². The zero-order chi connectivity index (χ0) is 18.4. The smallest absolute Gasteiger partial charge is 0.407 e. The Kier molecular flexibility index (Phi) is 6.67. The molecule has 0 bridgehead atoms. The van der Waals surface area contributed by atoms with Crippen LogP contribution in [0.2, 0.25) is 0 Å². The molecule has 0 saturated heterocycles. The number of alkyl carbamates (subject to hydrolysis) is 1. The van der Waals surface area contributed by atoms with E-state index in [1.807, 2.05) is 0 Å². The lowest BCUT2D eigenvalue weighted by Crippen LogP contribution is -2.34. The predicted octanol–water partition coefficient (Wildman–Crippen LogP) is 1.79. The van der Waals surface area contributed by atoms with Crippen molar-refractivity contribution in [3.8, 4) is 0 Å². The van der Waals surface area contributed by atoms with Gasteiger partial charge in [0.05, 0.1) is 9.82 Å². The molecule has 1 aromatic carbocycles.